The highest BCUT2D eigenvalue weighted by Crippen LogP contribution is 2.29. The van der Waals surface area contributed by atoms with Gasteiger partial charge in [-0.05, 0) is 37.5 Å². The van der Waals surface area contributed by atoms with Crippen LogP contribution in [0.4, 0.5) is 8.78 Å². The van der Waals surface area contributed by atoms with Crippen molar-refractivity contribution < 1.29 is 31.5 Å². The van der Waals surface area contributed by atoms with E-state index in [1.165, 1.54) is 0 Å². The summed E-state index contributed by atoms with van der Waals surface area (Å²) in [6, 6.07) is 2.12. The summed E-state index contributed by atoms with van der Waals surface area (Å²) >= 11 is 0. The summed E-state index contributed by atoms with van der Waals surface area (Å²) in [5.74, 6) is -3.69. The first kappa shape index (κ1) is 19.7. The fraction of sp³-hybridized carbons (Fsp3) is 0.556. The van der Waals surface area contributed by atoms with E-state index in [0.29, 0.717) is 12.5 Å². The van der Waals surface area contributed by atoms with Crippen molar-refractivity contribution in [3.63, 3.8) is 0 Å². The lowest BCUT2D eigenvalue weighted by atomic mass is 10.1. The number of hydrogen-bond donors (Lipinski definition) is 0. The molecule has 6 nitrogen and oxygen atoms in total. The lowest BCUT2D eigenvalue weighted by Gasteiger charge is -2.33. The van der Waals surface area contributed by atoms with E-state index in [1.54, 1.807) is 4.90 Å². The summed E-state index contributed by atoms with van der Waals surface area (Å²) in [5, 5.41) is 0. The monoisotopic (exact) mass is 401 g/mol. The van der Waals surface area contributed by atoms with Crippen LogP contribution in [-0.4, -0.2) is 55.4 Å². The second kappa shape index (κ2) is 7.92. The highest BCUT2D eigenvalue weighted by molar-refractivity contribution is 7.91. The second-order valence-electron chi connectivity index (χ2n) is 7.00. The molecule has 1 amide bonds. The molecule has 9 heteroatoms. The minimum atomic E-state index is -3.17. The van der Waals surface area contributed by atoms with Crippen molar-refractivity contribution >= 4 is 21.7 Å². The predicted octanol–water partition coefficient (Wildman–Crippen LogP) is 2.08. The highest BCUT2D eigenvalue weighted by atomic mass is 32.2. The fourth-order valence-corrected chi connectivity index (χ4v) is 5.50. The van der Waals surface area contributed by atoms with Gasteiger partial charge < -0.3 is 9.64 Å². The van der Waals surface area contributed by atoms with Crippen molar-refractivity contribution in [2.24, 2.45) is 0 Å². The van der Waals surface area contributed by atoms with Gasteiger partial charge in [-0.3, -0.25) is 4.79 Å². The maximum absolute atomic E-state index is 13.2. The first-order valence-corrected chi connectivity index (χ1v) is 10.7. The molecule has 148 valence electrons. The molecule has 1 atom stereocenters. The lowest BCUT2D eigenvalue weighted by molar-refractivity contribution is -0.139. The van der Waals surface area contributed by atoms with E-state index >= 15 is 0 Å². The fourth-order valence-electron chi connectivity index (χ4n) is 3.79. The molecule has 3 rings (SSSR count). The molecule has 1 aliphatic carbocycles. The normalized spacial score (nSPS) is 21.9. The molecular weight excluding hydrogens is 380 g/mol. The van der Waals surface area contributed by atoms with E-state index in [2.05, 4.69) is 0 Å². The Balaban J connectivity index is 1.67. The zero-order valence-corrected chi connectivity index (χ0v) is 15.5. The van der Waals surface area contributed by atoms with E-state index in [4.69, 9.17) is 4.74 Å². The van der Waals surface area contributed by atoms with Crippen molar-refractivity contribution in [2.75, 3.05) is 18.1 Å². The van der Waals surface area contributed by atoms with Gasteiger partial charge in [-0.1, -0.05) is 12.8 Å². The molecule has 0 N–H and O–H groups in total. The maximum Gasteiger partial charge on any atom is 0.338 e. The van der Waals surface area contributed by atoms with Gasteiger partial charge >= 0.3 is 5.97 Å². The minimum Gasteiger partial charge on any atom is -0.452 e. The summed E-state index contributed by atoms with van der Waals surface area (Å²) in [5.41, 5.74) is -0.197. The summed E-state index contributed by atoms with van der Waals surface area (Å²) < 4.78 is 54.8. The van der Waals surface area contributed by atoms with Crippen LogP contribution in [0.15, 0.2) is 18.2 Å². The number of nitrogens with zero attached hydrogens (tertiary/aromatic N) is 1. The Morgan fingerprint density at radius 2 is 1.78 bits per heavy atom. The van der Waals surface area contributed by atoms with Gasteiger partial charge in [0.2, 0.25) is 0 Å². The Morgan fingerprint density at radius 3 is 2.37 bits per heavy atom. The van der Waals surface area contributed by atoms with Gasteiger partial charge in [-0.25, -0.2) is 22.0 Å². The van der Waals surface area contributed by atoms with E-state index < -0.39 is 46.0 Å². The zero-order valence-electron chi connectivity index (χ0n) is 14.7. The van der Waals surface area contributed by atoms with E-state index in [-0.39, 0.29) is 23.1 Å². The predicted molar refractivity (Wildman–Crippen MR) is 92.8 cm³/mol. The minimum absolute atomic E-state index is 0.0445. The van der Waals surface area contributed by atoms with Gasteiger partial charge in [0.25, 0.3) is 5.91 Å². The number of sulfone groups is 1. The molecule has 2 aliphatic rings. The van der Waals surface area contributed by atoms with E-state index in [0.717, 1.165) is 37.8 Å². The summed E-state index contributed by atoms with van der Waals surface area (Å²) in [6.07, 6.45) is 3.88. The van der Waals surface area contributed by atoms with Crippen molar-refractivity contribution in [1.82, 2.24) is 4.90 Å². The molecule has 0 aromatic heterocycles. The first-order valence-electron chi connectivity index (χ1n) is 8.90. The number of hydrogen-bond acceptors (Lipinski definition) is 5. The average Bonchev–Trinajstić information content (AvgIpc) is 3.25. The number of carbonyl (C=O) groups is 2. The van der Waals surface area contributed by atoms with Gasteiger partial charge in [-0.2, -0.15) is 0 Å². The Kier molecular flexibility index (Phi) is 5.78. The van der Waals surface area contributed by atoms with Gasteiger partial charge in [0.1, 0.15) is 0 Å². The number of amides is 1. The Labute approximate surface area is 156 Å². The van der Waals surface area contributed by atoms with Crippen LogP contribution in [0.25, 0.3) is 0 Å². The number of benzene rings is 1. The molecule has 0 spiro atoms. The topological polar surface area (TPSA) is 80.8 Å². The van der Waals surface area contributed by atoms with Crippen LogP contribution in [-0.2, 0) is 19.4 Å². The molecule has 0 bridgehead atoms. The molecule has 27 heavy (non-hydrogen) atoms. The van der Waals surface area contributed by atoms with Crippen LogP contribution >= 0.6 is 0 Å². The molecular formula is C18H21F2NO5S. The van der Waals surface area contributed by atoms with Crippen LogP contribution in [0, 0.1) is 11.6 Å². The summed E-state index contributed by atoms with van der Waals surface area (Å²) in [6.45, 7) is -0.565. The SMILES string of the molecule is O=C(OCC(=O)N(C1CCCC1)[C@@H]1CCS(=O)(=O)C1)c1ccc(F)c(F)c1. The van der Waals surface area contributed by atoms with Gasteiger partial charge in [0.15, 0.2) is 28.1 Å². The number of esters is 1. The molecule has 0 radical (unpaired) electrons. The van der Waals surface area contributed by atoms with Gasteiger partial charge in [-0.15, -0.1) is 0 Å². The van der Waals surface area contributed by atoms with Crippen LogP contribution in [0.5, 0.6) is 0 Å². The molecule has 1 aromatic rings. The van der Waals surface area contributed by atoms with Gasteiger partial charge in [0, 0.05) is 12.1 Å². The highest BCUT2D eigenvalue weighted by Gasteiger charge is 2.39. The van der Waals surface area contributed by atoms with Crippen LogP contribution < -0.4 is 0 Å². The summed E-state index contributed by atoms with van der Waals surface area (Å²) in [7, 11) is -3.17. The third-order valence-electron chi connectivity index (χ3n) is 5.09. The van der Waals surface area contributed by atoms with Gasteiger partial charge in [0.05, 0.1) is 17.1 Å². The third-order valence-corrected chi connectivity index (χ3v) is 6.84. The Hall–Kier alpha value is -2.03. The lowest BCUT2D eigenvalue weighted by Crippen LogP contribution is -2.48. The maximum atomic E-state index is 13.2. The molecule has 1 heterocycles. The second-order valence-corrected chi connectivity index (χ2v) is 9.23. The van der Waals surface area contributed by atoms with Crippen LogP contribution in [0.3, 0.4) is 0 Å². The largest absolute Gasteiger partial charge is 0.452 e. The molecule has 1 aliphatic heterocycles. The van der Waals surface area contributed by atoms with Crippen LogP contribution in [0.1, 0.15) is 42.5 Å². The molecule has 1 aromatic carbocycles. The summed E-state index contributed by atoms with van der Waals surface area (Å²) in [4.78, 5) is 26.3. The number of rotatable bonds is 5. The molecule has 1 saturated heterocycles. The molecule has 0 unspecified atom stereocenters. The van der Waals surface area contributed by atoms with E-state index in [1.807, 2.05) is 0 Å². The zero-order chi connectivity index (χ0) is 19.6. The average molecular weight is 401 g/mol. The van der Waals surface area contributed by atoms with Crippen molar-refractivity contribution in [3.8, 4) is 0 Å². The number of ether oxygens (including phenoxy) is 1. The quantitative estimate of drug-likeness (QED) is 0.706. The molecule has 1 saturated carbocycles. The standard InChI is InChI=1S/C18H21F2NO5S/c19-15-6-5-12(9-16(15)20)18(23)26-10-17(22)21(13-3-1-2-4-13)14-7-8-27(24,25)11-14/h5-6,9,13-14H,1-4,7-8,10-11H2/t14-/m1/s1. The third kappa shape index (κ3) is 4.63. The van der Waals surface area contributed by atoms with Crippen LogP contribution in [0.2, 0.25) is 0 Å². The van der Waals surface area contributed by atoms with Crippen molar-refractivity contribution in [3.05, 3.63) is 35.4 Å². The van der Waals surface area contributed by atoms with Crippen molar-refractivity contribution in [1.29, 1.82) is 0 Å². The Bertz CT molecular complexity index is 836. The number of halogens is 2. The number of carbonyl (C=O) groups excluding carboxylic acids is 2. The Morgan fingerprint density at radius 1 is 1.07 bits per heavy atom. The van der Waals surface area contributed by atoms with Crippen molar-refractivity contribution in [2.45, 2.75) is 44.2 Å². The smallest absolute Gasteiger partial charge is 0.338 e. The first-order chi connectivity index (χ1) is 12.8. The molecule has 2 fully saturated rings. The van der Waals surface area contributed by atoms with E-state index in [9.17, 15) is 26.8 Å².